The Morgan fingerprint density at radius 3 is 2.53 bits per heavy atom. The molecule has 1 fully saturated rings. The Bertz CT molecular complexity index is 1420. The third kappa shape index (κ3) is 6.11. The van der Waals surface area contributed by atoms with Crippen molar-refractivity contribution in [3.8, 4) is 11.3 Å². The lowest BCUT2D eigenvalue weighted by molar-refractivity contribution is -0.113. The molecule has 1 aliphatic heterocycles. The van der Waals surface area contributed by atoms with Crippen LogP contribution in [0.5, 0.6) is 0 Å². The third-order valence-electron chi connectivity index (χ3n) is 6.53. The van der Waals surface area contributed by atoms with E-state index in [-0.39, 0.29) is 22.5 Å². The number of benzene rings is 3. The van der Waals surface area contributed by atoms with Crippen LogP contribution in [0.25, 0.3) is 11.3 Å². The second-order valence-corrected chi connectivity index (χ2v) is 10.1. The van der Waals surface area contributed by atoms with Crippen LogP contribution in [0.1, 0.15) is 34.7 Å². The molecule has 2 heterocycles. The highest BCUT2D eigenvalue weighted by Gasteiger charge is 2.25. The van der Waals surface area contributed by atoms with Gasteiger partial charge in [0.05, 0.1) is 11.9 Å². The van der Waals surface area contributed by atoms with Crippen LogP contribution in [0, 0.1) is 11.6 Å². The summed E-state index contributed by atoms with van der Waals surface area (Å²) in [5, 5.41) is 2.81. The van der Waals surface area contributed by atoms with Crippen molar-refractivity contribution < 1.29 is 22.8 Å². The predicted octanol–water partition coefficient (Wildman–Crippen LogP) is 6.37. The molecule has 5 rings (SSSR count). The lowest BCUT2D eigenvalue weighted by Crippen LogP contribution is -2.37. The Kier molecular flexibility index (Phi) is 7.83. The van der Waals surface area contributed by atoms with Crippen LogP contribution in [0.2, 0.25) is 0 Å². The van der Waals surface area contributed by atoms with Crippen LogP contribution in [-0.2, 0) is 4.79 Å². The number of hydrogen-bond acceptors (Lipinski definition) is 5. The minimum atomic E-state index is -0.681. The van der Waals surface area contributed by atoms with E-state index in [9.17, 15) is 18.4 Å². The number of carbonyl (C=O) groups is 2. The van der Waals surface area contributed by atoms with Crippen LogP contribution < -0.4 is 5.32 Å². The van der Waals surface area contributed by atoms with E-state index in [1.165, 1.54) is 18.5 Å². The van der Waals surface area contributed by atoms with E-state index in [0.717, 1.165) is 41.8 Å². The van der Waals surface area contributed by atoms with Gasteiger partial charge in [-0.1, -0.05) is 24.3 Å². The molecule has 0 radical (unpaired) electrons. The highest BCUT2D eigenvalue weighted by atomic mass is 32.2. The van der Waals surface area contributed by atoms with Crippen molar-refractivity contribution in [1.29, 1.82) is 0 Å². The Morgan fingerprint density at radius 1 is 1.03 bits per heavy atom. The van der Waals surface area contributed by atoms with Crippen molar-refractivity contribution in [2.24, 2.45) is 0 Å². The first-order valence-electron chi connectivity index (χ1n) is 12.2. The molecule has 3 aromatic carbocycles. The van der Waals surface area contributed by atoms with Gasteiger partial charge in [-0.05, 0) is 60.7 Å². The number of carbonyl (C=O) groups excluding carboxylic acids is 2. The minimum absolute atomic E-state index is 0.00117. The highest BCUT2D eigenvalue weighted by Crippen LogP contribution is 2.30. The van der Waals surface area contributed by atoms with Gasteiger partial charge in [0.15, 0.2) is 12.2 Å². The number of aromatic nitrogens is 1. The second kappa shape index (κ2) is 11.6. The Morgan fingerprint density at radius 2 is 1.82 bits per heavy atom. The number of oxazole rings is 1. The fraction of sp³-hybridized carbons (Fsp3) is 0.207. The lowest BCUT2D eigenvalue weighted by Gasteiger charge is -2.32. The van der Waals surface area contributed by atoms with Crippen molar-refractivity contribution in [3.05, 3.63) is 102 Å². The number of amides is 2. The Balaban J connectivity index is 1.12. The zero-order valence-corrected chi connectivity index (χ0v) is 21.2. The smallest absolute Gasteiger partial charge is 0.253 e. The van der Waals surface area contributed by atoms with Crippen LogP contribution in [0.15, 0.2) is 88.6 Å². The van der Waals surface area contributed by atoms with Crippen molar-refractivity contribution >= 4 is 29.3 Å². The number of anilines is 1. The maximum absolute atomic E-state index is 13.8. The fourth-order valence-corrected chi connectivity index (χ4v) is 5.25. The Labute approximate surface area is 223 Å². The van der Waals surface area contributed by atoms with Gasteiger partial charge in [0.1, 0.15) is 11.6 Å². The molecule has 194 valence electrons. The van der Waals surface area contributed by atoms with Gasteiger partial charge in [-0.15, -0.1) is 11.8 Å². The summed E-state index contributed by atoms with van der Waals surface area (Å²) < 4.78 is 32.1. The van der Waals surface area contributed by atoms with E-state index in [2.05, 4.69) is 10.3 Å². The summed E-state index contributed by atoms with van der Waals surface area (Å²) in [6.07, 6.45) is 4.69. The summed E-state index contributed by atoms with van der Waals surface area (Å²) in [5.74, 6) is -0.646. The SMILES string of the molecule is O=C(CSc1ccc(F)cc1F)Nc1ccc(C2CCN(C(=O)c3cccc(-c4cnco4)c3)CC2)cc1. The van der Waals surface area contributed by atoms with Gasteiger partial charge in [-0.25, -0.2) is 13.8 Å². The average molecular weight is 534 g/mol. The number of nitrogens with one attached hydrogen (secondary N) is 1. The largest absolute Gasteiger partial charge is 0.444 e. The molecule has 1 saturated heterocycles. The predicted molar refractivity (Wildman–Crippen MR) is 142 cm³/mol. The maximum atomic E-state index is 13.8. The molecule has 0 unspecified atom stereocenters. The van der Waals surface area contributed by atoms with Gasteiger partial charge in [0.25, 0.3) is 5.91 Å². The zero-order valence-electron chi connectivity index (χ0n) is 20.4. The number of rotatable bonds is 7. The molecule has 38 heavy (non-hydrogen) atoms. The molecule has 9 heteroatoms. The van der Waals surface area contributed by atoms with E-state index in [1.807, 2.05) is 53.4 Å². The van der Waals surface area contributed by atoms with E-state index in [0.29, 0.717) is 36.0 Å². The molecular weight excluding hydrogens is 508 g/mol. The molecule has 4 aromatic rings. The van der Waals surface area contributed by atoms with Gasteiger partial charge < -0.3 is 14.6 Å². The first-order chi connectivity index (χ1) is 18.5. The number of nitrogens with zero attached hydrogens (tertiary/aromatic N) is 2. The number of thioether (sulfide) groups is 1. The quantitative estimate of drug-likeness (QED) is 0.280. The van der Waals surface area contributed by atoms with Crippen LogP contribution in [0.4, 0.5) is 14.5 Å². The van der Waals surface area contributed by atoms with Crippen LogP contribution in [0.3, 0.4) is 0 Å². The normalized spacial score (nSPS) is 13.9. The van der Waals surface area contributed by atoms with Crippen molar-refractivity contribution in [2.45, 2.75) is 23.7 Å². The molecule has 1 aliphatic rings. The van der Waals surface area contributed by atoms with E-state index < -0.39 is 11.6 Å². The van der Waals surface area contributed by atoms with Crippen molar-refractivity contribution in [1.82, 2.24) is 9.88 Å². The summed E-state index contributed by atoms with van der Waals surface area (Å²) in [5.41, 5.74) is 3.25. The van der Waals surface area contributed by atoms with Gasteiger partial charge >= 0.3 is 0 Å². The summed E-state index contributed by atoms with van der Waals surface area (Å²) in [6.45, 7) is 1.32. The third-order valence-corrected chi connectivity index (χ3v) is 7.58. The highest BCUT2D eigenvalue weighted by molar-refractivity contribution is 8.00. The summed E-state index contributed by atoms with van der Waals surface area (Å²) >= 11 is 1.02. The van der Waals surface area contributed by atoms with Gasteiger partial charge in [0, 0.05) is 40.9 Å². The van der Waals surface area contributed by atoms with E-state index in [1.54, 1.807) is 6.20 Å². The van der Waals surface area contributed by atoms with Crippen LogP contribution in [-0.4, -0.2) is 40.5 Å². The standard InChI is InChI=1S/C29H25F2N3O3S/c30-23-6-9-27(25(31)15-23)38-17-28(35)33-24-7-4-19(5-8-24)20-10-12-34(13-11-20)29(36)22-3-1-2-21(14-22)26-16-32-18-37-26/h1-9,14-16,18,20H,10-13,17H2,(H,33,35). The average Bonchev–Trinajstić information content (AvgIpc) is 3.48. The molecule has 2 amide bonds. The maximum Gasteiger partial charge on any atom is 0.253 e. The topological polar surface area (TPSA) is 75.4 Å². The molecule has 1 N–H and O–H groups in total. The fourth-order valence-electron chi connectivity index (χ4n) is 4.53. The lowest BCUT2D eigenvalue weighted by atomic mass is 9.89. The minimum Gasteiger partial charge on any atom is -0.444 e. The number of likely N-dealkylation sites (tertiary alicyclic amines) is 1. The molecular formula is C29H25F2N3O3S. The number of hydrogen-bond donors (Lipinski definition) is 1. The van der Waals surface area contributed by atoms with Crippen molar-refractivity contribution in [2.75, 3.05) is 24.2 Å². The summed E-state index contributed by atoms with van der Waals surface area (Å²) in [4.78, 5) is 31.4. The monoisotopic (exact) mass is 533 g/mol. The molecule has 0 bridgehead atoms. The molecule has 1 aromatic heterocycles. The molecule has 0 saturated carbocycles. The van der Waals surface area contributed by atoms with Crippen molar-refractivity contribution in [3.63, 3.8) is 0 Å². The van der Waals surface area contributed by atoms with Crippen LogP contribution >= 0.6 is 11.8 Å². The second-order valence-electron chi connectivity index (χ2n) is 9.05. The zero-order chi connectivity index (χ0) is 26.5. The summed E-state index contributed by atoms with van der Waals surface area (Å²) in [6, 6.07) is 18.4. The molecule has 0 spiro atoms. The van der Waals surface area contributed by atoms with E-state index in [4.69, 9.17) is 4.42 Å². The molecule has 6 nitrogen and oxygen atoms in total. The van der Waals surface area contributed by atoms with Gasteiger partial charge in [-0.3, -0.25) is 9.59 Å². The number of halogens is 2. The molecule has 0 aliphatic carbocycles. The van der Waals surface area contributed by atoms with Gasteiger partial charge in [-0.2, -0.15) is 0 Å². The first-order valence-corrected chi connectivity index (χ1v) is 13.2. The first kappa shape index (κ1) is 25.7. The Hall–Kier alpha value is -3.98. The summed E-state index contributed by atoms with van der Waals surface area (Å²) in [7, 11) is 0. The molecule has 0 atom stereocenters. The van der Waals surface area contributed by atoms with E-state index >= 15 is 0 Å². The number of piperidine rings is 1. The van der Waals surface area contributed by atoms with Gasteiger partial charge in [0.2, 0.25) is 5.91 Å².